The Labute approximate surface area is 110 Å². The molecule has 0 amide bonds. The van der Waals surface area contributed by atoms with Gasteiger partial charge in [-0.15, -0.1) is 0 Å². The van der Waals surface area contributed by atoms with Crippen LogP contribution in [-0.2, 0) is 0 Å². The fourth-order valence-electron chi connectivity index (χ4n) is 1.96. The Hall–Kier alpha value is -1.13. The van der Waals surface area contributed by atoms with E-state index in [1.807, 2.05) is 24.7 Å². The topological polar surface area (TPSA) is 43.8 Å². The molecule has 2 atom stereocenters. The quantitative estimate of drug-likeness (QED) is 0.942. The fraction of sp³-hybridized carbons (Fsp3) is 0.308. The highest BCUT2D eigenvalue weighted by atomic mass is 79.9. The van der Waals surface area contributed by atoms with Gasteiger partial charge in [-0.2, -0.15) is 0 Å². The van der Waals surface area contributed by atoms with Crippen LogP contribution in [0.5, 0.6) is 0 Å². The lowest BCUT2D eigenvalue weighted by Crippen LogP contribution is -2.31. The molecule has 2 N–H and O–H groups in total. The Morgan fingerprint density at radius 1 is 1.35 bits per heavy atom. The van der Waals surface area contributed by atoms with Crippen LogP contribution in [0.25, 0.3) is 0 Å². The average molecular weight is 294 g/mol. The lowest BCUT2D eigenvalue weighted by atomic mass is 9.98. The van der Waals surface area contributed by atoms with E-state index in [1.165, 1.54) is 5.56 Å². The lowest BCUT2D eigenvalue weighted by molar-refractivity contribution is 0.458. The van der Waals surface area contributed by atoms with Crippen molar-refractivity contribution in [3.63, 3.8) is 0 Å². The molecule has 0 spiro atoms. The highest BCUT2D eigenvalue weighted by Gasteiger charge is 2.19. The van der Waals surface area contributed by atoms with Crippen molar-refractivity contribution >= 4 is 15.9 Å². The predicted octanol–water partition coefficient (Wildman–Crippen LogP) is 2.97. The summed E-state index contributed by atoms with van der Waals surface area (Å²) in [4.78, 5) is 4.10. The van der Waals surface area contributed by atoms with Crippen molar-refractivity contribution in [1.29, 1.82) is 0 Å². The van der Waals surface area contributed by atoms with E-state index in [4.69, 9.17) is 5.73 Å². The van der Waals surface area contributed by atoms with Crippen molar-refractivity contribution in [2.45, 2.75) is 25.4 Å². The van der Waals surface area contributed by atoms with E-state index in [9.17, 15) is 0 Å². The van der Waals surface area contributed by atoms with E-state index in [-0.39, 0.29) is 12.1 Å². The number of imidazole rings is 1. The minimum absolute atomic E-state index is 0.0883. The van der Waals surface area contributed by atoms with Gasteiger partial charge in [0.2, 0.25) is 0 Å². The van der Waals surface area contributed by atoms with Crippen molar-refractivity contribution < 1.29 is 0 Å². The van der Waals surface area contributed by atoms with E-state index in [1.54, 1.807) is 6.20 Å². The molecule has 0 fully saturated rings. The first-order chi connectivity index (χ1) is 8.22. The third kappa shape index (κ3) is 2.76. The molecule has 17 heavy (non-hydrogen) atoms. The third-order valence-electron chi connectivity index (χ3n) is 2.93. The molecule has 0 saturated carbocycles. The minimum Gasteiger partial charge on any atom is -0.328 e. The molecular weight excluding hydrogens is 278 g/mol. The Balaban J connectivity index is 2.37. The van der Waals surface area contributed by atoms with Crippen molar-refractivity contribution in [2.75, 3.05) is 0 Å². The summed E-state index contributed by atoms with van der Waals surface area (Å²) in [5, 5.41) is 0. The molecule has 3 nitrogen and oxygen atoms in total. The summed E-state index contributed by atoms with van der Waals surface area (Å²) in [5.41, 5.74) is 7.43. The SMILES string of the molecule is CCC(N)C(c1ccc(Br)cc1)n1ccnc1. The Morgan fingerprint density at radius 2 is 2.06 bits per heavy atom. The molecule has 90 valence electrons. The number of aromatic nitrogens is 2. The van der Waals surface area contributed by atoms with E-state index in [0.29, 0.717) is 0 Å². The lowest BCUT2D eigenvalue weighted by Gasteiger charge is -2.24. The van der Waals surface area contributed by atoms with Gasteiger partial charge >= 0.3 is 0 Å². The highest BCUT2D eigenvalue weighted by molar-refractivity contribution is 9.10. The Kier molecular flexibility index (Phi) is 3.97. The molecular formula is C13H16BrN3. The summed E-state index contributed by atoms with van der Waals surface area (Å²) in [6, 6.07) is 8.53. The van der Waals surface area contributed by atoms with Crippen LogP contribution in [0.2, 0.25) is 0 Å². The molecule has 1 aromatic heterocycles. The Bertz CT molecular complexity index is 450. The monoisotopic (exact) mass is 293 g/mol. The second kappa shape index (κ2) is 5.47. The number of hydrogen-bond acceptors (Lipinski definition) is 2. The first kappa shape index (κ1) is 12.3. The van der Waals surface area contributed by atoms with E-state index < -0.39 is 0 Å². The molecule has 2 aromatic rings. The van der Waals surface area contributed by atoms with Crippen molar-refractivity contribution in [1.82, 2.24) is 9.55 Å². The summed E-state index contributed by atoms with van der Waals surface area (Å²) >= 11 is 3.45. The second-order valence-corrected chi connectivity index (χ2v) is 4.99. The van der Waals surface area contributed by atoms with Gasteiger partial charge in [-0.3, -0.25) is 0 Å². The van der Waals surface area contributed by atoms with Crippen molar-refractivity contribution in [2.24, 2.45) is 5.73 Å². The maximum absolute atomic E-state index is 6.22. The number of hydrogen-bond donors (Lipinski definition) is 1. The van der Waals surface area contributed by atoms with E-state index in [2.05, 4.69) is 44.5 Å². The zero-order chi connectivity index (χ0) is 12.3. The minimum atomic E-state index is 0.0883. The summed E-state index contributed by atoms with van der Waals surface area (Å²) in [5.74, 6) is 0. The zero-order valence-electron chi connectivity index (χ0n) is 9.75. The number of nitrogens with zero attached hydrogens (tertiary/aromatic N) is 2. The van der Waals surface area contributed by atoms with Crippen LogP contribution in [0.3, 0.4) is 0 Å². The van der Waals surface area contributed by atoms with Crippen LogP contribution in [-0.4, -0.2) is 15.6 Å². The van der Waals surface area contributed by atoms with Gasteiger partial charge in [0.25, 0.3) is 0 Å². The average Bonchev–Trinajstić information content (AvgIpc) is 2.85. The molecule has 0 bridgehead atoms. The number of rotatable bonds is 4. The van der Waals surface area contributed by atoms with Gasteiger partial charge < -0.3 is 10.3 Å². The van der Waals surface area contributed by atoms with Crippen LogP contribution in [0, 0.1) is 0 Å². The van der Waals surface area contributed by atoms with Gasteiger partial charge in [-0.1, -0.05) is 35.0 Å². The van der Waals surface area contributed by atoms with E-state index >= 15 is 0 Å². The molecule has 4 heteroatoms. The molecule has 0 aliphatic heterocycles. The molecule has 2 unspecified atom stereocenters. The third-order valence-corrected chi connectivity index (χ3v) is 3.46. The molecule has 0 saturated heterocycles. The normalized spacial score (nSPS) is 14.5. The smallest absolute Gasteiger partial charge is 0.0952 e. The largest absolute Gasteiger partial charge is 0.328 e. The van der Waals surface area contributed by atoms with Gasteiger partial charge in [0.1, 0.15) is 0 Å². The van der Waals surface area contributed by atoms with Crippen LogP contribution in [0.15, 0.2) is 47.5 Å². The molecule has 2 rings (SSSR count). The van der Waals surface area contributed by atoms with Gasteiger partial charge in [-0.05, 0) is 24.1 Å². The number of nitrogens with two attached hydrogens (primary N) is 1. The molecule has 1 heterocycles. The Morgan fingerprint density at radius 3 is 2.59 bits per heavy atom. The zero-order valence-corrected chi connectivity index (χ0v) is 11.3. The van der Waals surface area contributed by atoms with Gasteiger partial charge in [0, 0.05) is 22.9 Å². The standard InChI is InChI=1S/C13H16BrN3/c1-2-12(15)13(17-8-7-16-9-17)10-3-5-11(14)6-4-10/h3-9,12-13H,2,15H2,1H3. The van der Waals surface area contributed by atoms with Crippen LogP contribution in [0.1, 0.15) is 24.9 Å². The number of halogens is 1. The summed E-state index contributed by atoms with van der Waals surface area (Å²) in [6.45, 7) is 2.10. The summed E-state index contributed by atoms with van der Waals surface area (Å²) < 4.78 is 3.15. The van der Waals surface area contributed by atoms with Gasteiger partial charge in [0.05, 0.1) is 12.4 Å². The molecule has 0 aliphatic carbocycles. The van der Waals surface area contributed by atoms with Gasteiger partial charge in [-0.25, -0.2) is 4.98 Å². The maximum Gasteiger partial charge on any atom is 0.0952 e. The maximum atomic E-state index is 6.22. The van der Waals surface area contributed by atoms with Crippen molar-refractivity contribution in [3.05, 3.63) is 53.0 Å². The van der Waals surface area contributed by atoms with Crippen LogP contribution in [0.4, 0.5) is 0 Å². The fourth-order valence-corrected chi connectivity index (χ4v) is 2.22. The molecule has 0 aliphatic rings. The number of benzene rings is 1. The van der Waals surface area contributed by atoms with Crippen LogP contribution < -0.4 is 5.73 Å². The van der Waals surface area contributed by atoms with E-state index in [0.717, 1.165) is 10.9 Å². The predicted molar refractivity (Wildman–Crippen MR) is 72.8 cm³/mol. The summed E-state index contributed by atoms with van der Waals surface area (Å²) in [6.07, 6.45) is 6.50. The highest BCUT2D eigenvalue weighted by Crippen LogP contribution is 2.24. The van der Waals surface area contributed by atoms with Gasteiger partial charge in [0.15, 0.2) is 0 Å². The van der Waals surface area contributed by atoms with Crippen molar-refractivity contribution in [3.8, 4) is 0 Å². The summed E-state index contributed by atoms with van der Waals surface area (Å²) in [7, 11) is 0. The first-order valence-corrected chi connectivity index (χ1v) is 6.50. The second-order valence-electron chi connectivity index (χ2n) is 4.08. The molecule has 0 radical (unpaired) electrons. The molecule has 1 aromatic carbocycles. The van der Waals surface area contributed by atoms with Crippen LogP contribution >= 0.6 is 15.9 Å². The first-order valence-electron chi connectivity index (χ1n) is 5.71.